The van der Waals surface area contributed by atoms with Gasteiger partial charge in [0.1, 0.15) is 12.4 Å². The van der Waals surface area contributed by atoms with Gasteiger partial charge in [0.2, 0.25) is 0 Å². The van der Waals surface area contributed by atoms with Gasteiger partial charge < -0.3 is 10.1 Å². The minimum Gasteiger partial charge on any atom is -0.489 e. The van der Waals surface area contributed by atoms with Crippen molar-refractivity contribution in [2.45, 2.75) is 13.2 Å². The van der Waals surface area contributed by atoms with Gasteiger partial charge in [-0.05, 0) is 11.6 Å². The highest BCUT2D eigenvalue weighted by atomic mass is 32.1. The number of hydrogen-bond acceptors (Lipinski definition) is 4. The van der Waals surface area contributed by atoms with Crippen LogP contribution >= 0.6 is 11.3 Å². The molecule has 4 heteroatoms. The number of para-hydroxylation sites is 1. The van der Waals surface area contributed by atoms with Crippen LogP contribution in [0.2, 0.25) is 0 Å². The third kappa shape index (κ3) is 3.83. The second-order valence-electron chi connectivity index (χ2n) is 4.57. The van der Waals surface area contributed by atoms with Gasteiger partial charge in [0, 0.05) is 23.7 Å². The monoisotopic (exact) mass is 296 g/mol. The Balaban J connectivity index is 1.64. The lowest BCUT2D eigenvalue weighted by Gasteiger charge is -2.12. The fraction of sp³-hybridized carbons (Fsp3) is 0.118. The highest BCUT2D eigenvalue weighted by Gasteiger charge is 2.04. The van der Waals surface area contributed by atoms with E-state index in [-0.39, 0.29) is 0 Å². The van der Waals surface area contributed by atoms with Gasteiger partial charge in [0.15, 0.2) is 5.13 Å². The molecule has 106 valence electrons. The van der Waals surface area contributed by atoms with Crippen LogP contribution in [0.3, 0.4) is 0 Å². The third-order valence-corrected chi connectivity index (χ3v) is 3.80. The second-order valence-corrected chi connectivity index (χ2v) is 5.47. The van der Waals surface area contributed by atoms with Crippen LogP contribution in [0.15, 0.2) is 66.2 Å². The normalized spacial score (nSPS) is 10.3. The molecule has 0 aliphatic rings. The Morgan fingerprint density at radius 3 is 2.62 bits per heavy atom. The van der Waals surface area contributed by atoms with E-state index in [0.717, 1.165) is 16.4 Å². The lowest BCUT2D eigenvalue weighted by atomic mass is 10.2. The molecule has 3 aromatic rings. The Morgan fingerprint density at radius 2 is 1.81 bits per heavy atom. The van der Waals surface area contributed by atoms with E-state index >= 15 is 0 Å². The molecule has 0 radical (unpaired) electrons. The van der Waals surface area contributed by atoms with E-state index < -0.39 is 0 Å². The van der Waals surface area contributed by atoms with Crippen molar-refractivity contribution in [2.75, 3.05) is 5.32 Å². The summed E-state index contributed by atoms with van der Waals surface area (Å²) in [5.74, 6) is 0.908. The molecular weight excluding hydrogens is 280 g/mol. The predicted molar refractivity (Wildman–Crippen MR) is 86.7 cm³/mol. The summed E-state index contributed by atoms with van der Waals surface area (Å²) in [5, 5.41) is 6.19. The molecule has 3 nitrogen and oxygen atoms in total. The van der Waals surface area contributed by atoms with Gasteiger partial charge >= 0.3 is 0 Å². The first-order chi connectivity index (χ1) is 10.4. The van der Waals surface area contributed by atoms with E-state index in [1.807, 2.05) is 41.8 Å². The molecule has 0 atom stereocenters. The van der Waals surface area contributed by atoms with Crippen molar-refractivity contribution in [3.63, 3.8) is 0 Å². The number of hydrogen-bond donors (Lipinski definition) is 1. The van der Waals surface area contributed by atoms with Crippen LogP contribution in [0.5, 0.6) is 5.75 Å². The van der Waals surface area contributed by atoms with Crippen molar-refractivity contribution in [1.82, 2.24) is 4.98 Å². The average Bonchev–Trinajstić information content (AvgIpc) is 3.06. The van der Waals surface area contributed by atoms with Gasteiger partial charge in [0.25, 0.3) is 0 Å². The van der Waals surface area contributed by atoms with Crippen molar-refractivity contribution in [3.05, 3.63) is 77.3 Å². The first-order valence-corrected chi connectivity index (χ1v) is 7.68. The maximum absolute atomic E-state index is 5.94. The molecule has 3 rings (SSSR count). The molecule has 0 aliphatic heterocycles. The van der Waals surface area contributed by atoms with Crippen LogP contribution in [0.4, 0.5) is 5.13 Å². The van der Waals surface area contributed by atoms with Gasteiger partial charge in [0.05, 0.1) is 0 Å². The molecule has 0 unspecified atom stereocenters. The quantitative estimate of drug-likeness (QED) is 0.735. The summed E-state index contributed by atoms with van der Waals surface area (Å²) in [7, 11) is 0. The minimum absolute atomic E-state index is 0.578. The molecule has 1 heterocycles. The Kier molecular flexibility index (Phi) is 4.49. The SMILES string of the molecule is c1ccc(COc2ccccc2CNc2nccs2)cc1. The highest BCUT2D eigenvalue weighted by Crippen LogP contribution is 2.21. The summed E-state index contributed by atoms with van der Waals surface area (Å²) in [6, 6.07) is 18.3. The Bertz CT molecular complexity index is 668. The molecule has 21 heavy (non-hydrogen) atoms. The van der Waals surface area contributed by atoms with Crippen LogP contribution in [0, 0.1) is 0 Å². The summed E-state index contributed by atoms with van der Waals surface area (Å²) in [4.78, 5) is 4.22. The van der Waals surface area contributed by atoms with Crippen molar-refractivity contribution in [3.8, 4) is 5.75 Å². The molecule has 2 aromatic carbocycles. The third-order valence-electron chi connectivity index (χ3n) is 3.07. The number of benzene rings is 2. The lowest BCUT2D eigenvalue weighted by molar-refractivity contribution is 0.303. The van der Waals surface area contributed by atoms with E-state index in [4.69, 9.17) is 4.74 Å². The van der Waals surface area contributed by atoms with Gasteiger partial charge in [-0.15, -0.1) is 11.3 Å². The lowest BCUT2D eigenvalue weighted by Crippen LogP contribution is -2.03. The van der Waals surface area contributed by atoms with Gasteiger partial charge in [-0.2, -0.15) is 0 Å². The van der Waals surface area contributed by atoms with Crippen LogP contribution in [0.1, 0.15) is 11.1 Å². The maximum atomic E-state index is 5.94. The molecule has 1 aromatic heterocycles. The zero-order valence-corrected chi connectivity index (χ0v) is 12.3. The summed E-state index contributed by atoms with van der Waals surface area (Å²) in [6.45, 7) is 1.29. The van der Waals surface area contributed by atoms with Crippen LogP contribution in [-0.2, 0) is 13.2 Å². The molecule has 0 saturated heterocycles. The molecular formula is C17H16N2OS. The largest absolute Gasteiger partial charge is 0.489 e. The molecule has 0 fully saturated rings. The van der Waals surface area contributed by atoms with Gasteiger partial charge in [-0.3, -0.25) is 0 Å². The standard InChI is InChI=1S/C17H16N2OS/c1-2-6-14(7-3-1)13-20-16-9-5-4-8-15(16)12-19-17-18-10-11-21-17/h1-11H,12-13H2,(H,18,19). The summed E-state index contributed by atoms with van der Waals surface area (Å²) in [5.41, 5.74) is 2.30. The summed E-state index contributed by atoms with van der Waals surface area (Å²) < 4.78 is 5.94. The molecule has 0 bridgehead atoms. The summed E-state index contributed by atoms with van der Waals surface area (Å²) in [6.07, 6.45) is 1.80. The average molecular weight is 296 g/mol. The van der Waals surface area contributed by atoms with Gasteiger partial charge in [-0.25, -0.2) is 4.98 Å². The van der Waals surface area contributed by atoms with Crippen LogP contribution in [-0.4, -0.2) is 4.98 Å². The van der Waals surface area contributed by atoms with Crippen molar-refractivity contribution < 1.29 is 4.74 Å². The van der Waals surface area contributed by atoms with E-state index in [1.165, 1.54) is 5.56 Å². The number of rotatable bonds is 6. The van der Waals surface area contributed by atoms with Crippen molar-refractivity contribution in [2.24, 2.45) is 0 Å². The second kappa shape index (κ2) is 6.90. The topological polar surface area (TPSA) is 34.1 Å². The minimum atomic E-state index is 0.578. The predicted octanol–water partition coefficient (Wildman–Crippen LogP) is 4.33. The number of nitrogens with one attached hydrogen (secondary N) is 1. The Labute approximate surface area is 128 Å². The highest BCUT2D eigenvalue weighted by molar-refractivity contribution is 7.13. The molecule has 0 spiro atoms. The summed E-state index contributed by atoms with van der Waals surface area (Å²) >= 11 is 1.60. The Hall–Kier alpha value is -2.33. The van der Waals surface area contributed by atoms with Crippen LogP contribution in [0.25, 0.3) is 0 Å². The number of ether oxygens (including phenoxy) is 1. The zero-order chi connectivity index (χ0) is 14.3. The van der Waals surface area contributed by atoms with E-state index in [9.17, 15) is 0 Å². The molecule has 0 aliphatic carbocycles. The fourth-order valence-electron chi connectivity index (χ4n) is 2.01. The van der Waals surface area contributed by atoms with E-state index in [0.29, 0.717) is 13.2 Å². The zero-order valence-electron chi connectivity index (χ0n) is 11.5. The van der Waals surface area contributed by atoms with Crippen LogP contribution < -0.4 is 10.1 Å². The number of aromatic nitrogens is 1. The molecule has 0 amide bonds. The van der Waals surface area contributed by atoms with Crippen molar-refractivity contribution >= 4 is 16.5 Å². The first kappa shape index (κ1) is 13.6. The first-order valence-electron chi connectivity index (χ1n) is 6.80. The number of anilines is 1. The smallest absolute Gasteiger partial charge is 0.182 e. The molecule has 1 N–H and O–H groups in total. The van der Waals surface area contributed by atoms with E-state index in [2.05, 4.69) is 28.5 Å². The number of nitrogens with zero attached hydrogens (tertiary/aromatic N) is 1. The number of thiazole rings is 1. The Morgan fingerprint density at radius 1 is 1.00 bits per heavy atom. The fourth-order valence-corrected chi connectivity index (χ4v) is 2.54. The van der Waals surface area contributed by atoms with Crippen molar-refractivity contribution in [1.29, 1.82) is 0 Å². The van der Waals surface area contributed by atoms with E-state index in [1.54, 1.807) is 17.5 Å². The maximum Gasteiger partial charge on any atom is 0.182 e. The van der Waals surface area contributed by atoms with Gasteiger partial charge in [-0.1, -0.05) is 48.5 Å². The molecule has 0 saturated carbocycles.